The van der Waals surface area contributed by atoms with Gasteiger partial charge in [0.2, 0.25) is 17.7 Å². The zero-order valence-corrected chi connectivity index (χ0v) is 15.0. The third-order valence-electron chi connectivity index (χ3n) is 3.69. The maximum absolute atomic E-state index is 11.6. The van der Waals surface area contributed by atoms with Gasteiger partial charge in [-0.05, 0) is 68.5 Å². The number of carbonyl (C=O) groups excluding carboxylic acids is 2. The Balaban J connectivity index is 1.80. The number of carbonyl (C=O) groups is 2. The largest absolute Gasteiger partial charge is 0.436 e. The second-order valence-corrected chi connectivity index (χ2v) is 5.76. The van der Waals surface area contributed by atoms with Crippen LogP contribution in [0.4, 0.5) is 11.4 Å². The zero-order valence-electron chi connectivity index (χ0n) is 15.0. The van der Waals surface area contributed by atoms with Gasteiger partial charge in [0.25, 0.3) is 0 Å². The van der Waals surface area contributed by atoms with Crippen molar-refractivity contribution in [2.45, 2.75) is 13.8 Å². The fourth-order valence-electron chi connectivity index (χ4n) is 2.50. The van der Waals surface area contributed by atoms with E-state index in [-0.39, 0.29) is 11.8 Å². The maximum atomic E-state index is 11.6. The first kappa shape index (κ1) is 18.1. The van der Waals surface area contributed by atoms with Crippen molar-refractivity contribution in [3.8, 4) is 11.5 Å². The number of fused-ring (bicyclic) bond motifs is 1. The first-order valence-electron chi connectivity index (χ1n) is 8.47. The molecule has 2 N–H and O–H groups in total. The number of hydrogen-bond donors (Lipinski definition) is 2. The lowest BCUT2D eigenvalue weighted by atomic mass is 10.2. The van der Waals surface area contributed by atoms with Crippen molar-refractivity contribution in [2.75, 3.05) is 10.6 Å². The lowest BCUT2D eigenvalue weighted by molar-refractivity contribution is -0.112. The first-order chi connectivity index (χ1) is 13.1. The summed E-state index contributed by atoms with van der Waals surface area (Å²) in [5.74, 6) is 0.0870. The predicted octanol–water partition coefficient (Wildman–Crippen LogP) is 4.52. The predicted molar refractivity (Wildman–Crippen MR) is 106 cm³/mol. The Labute approximate surface area is 156 Å². The Morgan fingerprint density at radius 1 is 0.889 bits per heavy atom. The zero-order chi connectivity index (χ0) is 19.2. The highest BCUT2D eigenvalue weighted by atomic mass is 16.3. The number of benzene rings is 2. The van der Waals surface area contributed by atoms with Crippen molar-refractivity contribution >= 4 is 34.3 Å². The summed E-state index contributed by atoms with van der Waals surface area (Å²) in [4.78, 5) is 27.7. The van der Waals surface area contributed by atoms with Gasteiger partial charge in [-0.15, -0.1) is 0 Å². The SMILES string of the molecule is C/C=C\C(=O)Nc1ccc2oc(-c3ccc(NC(=O)/C=C/C)cc3)nc2c1. The fraction of sp³-hybridized carbons (Fsp3) is 0.0952. The number of amides is 2. The molecule has 0 radical (unpaired) electrons. The molecule has 0 spiro atoms. The quantitative estimate of drug-likeness (QED) is 0.654. The lowest BCUT2D eigenvalue weighted by Gasteiger charge is -2.02. The summed E-state index contributed by atoms with van der Waals surface area (Å²) in [7, 11) is 0. The number of nitrogens with one attached hydrogen (secondary N) is 2. The number of aromatic nitrogens is 1. The highest BCUT2D eigenvalue weighted by Gasteiger charge is 2.10. The molecule has 1 heterocycles. The third kappa shape index (κ3) is 4.49. The van der Waals surface area contributed by atoms with E-state index in [0.717, 1.165) is 5.56 Å². The molecule has 3 rings (SSSR count). The molecule has 136 valence electrons. The summed E-state index contributed by atoms with van der Waals surface area (Å²) in [5.41, 5.74) is 3.39. The van der Waals surface area contributed by atoms with Gasteiger partial charge in [-0.1, -0.05) is 12.2 Å². The van der Waals surface area contributed by atoms with Crippen LogP contribution in [0, 0.1) is 0 Å². The number of anilines is 2. The number of oxazole rings is 1. The number of nitrogens with zero attached hydrogens (tertiary/aromatic N) is 1. The van der Waals surface area contributed by atoms with Gasteiger partial charge in [0, 0.05) is 16.9 Å². The Bertz CT molecular complexity index is 1030. The van der Waals surface area contributed by atoms with E-state index < -0.39 is 0 Å². The Morgan fingerprint density at radius 3 is 2.11 bits per heavy atom. The van der Waals surface area contributed by atoms with E-state index in [4.69, 9.17) is 4.42 Å². The van der Waals surface area contributed by atoms with Crippen LogP contribution in [0.2, 0.25) is 0 Å². The molecule has 27 heavy (non-hydrogen) atoms. The molecule has 1 aromatic heterocycles. The van der Waals surface area contributed by atoms with Crippen LogP contribution in [0.1, 0.15) is 13.8 Å². The van der Waals surface area contributed by atoms with Gasteiger partial charge in [0.1, 0.15) is 5.52 Å². The monoisotopic (exact) mass is 361 g/mol. The molecule has 0 aliphatic rings. The molecular weight excluding hydrogens is 342 g/mol. The molecule has 0 fully saturated rings. The van der Waals surface area contributed by atoms with Crippen LogP contribution in [0.15, 0.2) is 71.2 Å². The average molecular weight is 361 g/mol. The Kier molecular flexibility index (Phi) is 5.47. The Morgan fingerprint density at radius 2 is 1.48 bits per heavy atom. The second kappa shape index (κ2) is 8.14. The minimum atomic E-state index is -0.198. The van der Waals surface area contributed by atoms with Crippen LogP contribution < -0.4 is 10.6 Å². The number of rotatable bonds is 5. The molecule has 0 bridgehead atoms. The standard InChI is InChI=1S/C21H19N3O3/c1-3-5-19(25)22-15-9-7-14(8-10-15)21-24-17-13-16(11-12-18(17)27-21)23-20(26)6-4-2/h3-13H,1-2H3,(H,22,25)(H,23,26)/b5-3+,6-4-. The van der Waals surface area contributed by atoms with Gasteiger partial charge in [0.15, 0.2) is 5.58 Å². The van der Waals surface area contributed by atoms with Crippen LogP contribution in [0.3, 0.4) is 0 Å². The fourth-order valence-corrected chi connectivity index (χ4v) is 2.50. The molecule has 0 aliphatic carbocycles. The maximum Gasteiger partial charge on any atom is 0.248 e. The summed E-state index contributed by atoms with van der Waals surface area (Å²) in [6.07, 6.45) is 6.26. The molecule has 3 aromatic rings. The van der Waals surface area contributed by atoms with E-state index in [0.29, 0.717) is 28.4 Å². The van der Waals surface area contributed by atoms with Crippen LogP contribution in [-0.2, 0) is 9.59 Å². The molecule has 2 aromatic carbocycles. The van der Waals surface area contributed by atoms with E-state index in [1.165, 1.54) is 12.2 Å². The van der Waals surface area contributed by atoms with Crippen LogP contribution in [-0.4, -0.2) is 16.8 Å². The Hall–Kier alpha value is -3.67. The van der Waals surface area contributed by atoms with Crippen molar-refractivity contribution in [2.24, 2.45) is 0 Å². The minimum Gasteiger partial charge on any atom is -0.436 e. The average Bonchev–Trinajstić information content (AvgIpc) is 3.06. The second-order valence-electron chi connectivity index (χ2n) is 5.76. The third-order valence-corrected chi connectivity index (χ3v) is 3.69. The summed E-state index contributed by atoms with van der Waals surface area (Å²) in [6.45, 7) is 3.57. The normalized spacial score (nSPS) is 11.3. The lowest BCUT2D eigenvalue weighted by Crippen LogP contribution is -2.07. The van der Waals surface area contributed by atoms with Gasteiger partial charge in [-0.3, -0.25) is 9.59 Å². The van der Waals surface area contributed by atoms with Gasteiger partial charge in [0.05, 0.1) is 0 Å². The molecule has 0 saturated carbocycles. The molecular formula is C21H19N3O3. The van der Waals surface area contributed by atoms with Crippen molar-refractivity contribution in [1.82, 2.24) is 4.98 Å². The molecule has 0 saturated heterocycles. The van der Waals surface area contributed by atoms with E-state index in [1.807, 2.05) is 12.1 Å². The van der Waals surface area contributed by atoms with Crippen molar-refractivity contribution < 1.29 is 14.0 Å². The van der Waals surface area contributed by atoms with Crippen molar-refractivity contribution in [3.63, 3.8) is 0 Å². The number of hydrogen-bond acceptors (Lipinski definition) is 4. The molecule has 6 nitrogen and oxygen atoms in total. The van der Waals surface area contributed by atoms with Crippen LogP contribution in [0.5, 0.6) is 0 Å². The molecule has 6 heteroatoms. The molecule has 0 aliphatic heterocycles. The minimum absolute atomic E-state index is 0.181. The van der Waals surface area contributed by atoms with E-state index in [2.05, 4.69) is 15.6 Å². The molecule has 2 amide bonds. The molecule has 0 unspecified atom stereocenters. The van der Waals surface area contributed by atoms with E-state index >= 15 is 0 Å². The summed E-state index contributed by atoms with van der Waals surface area (Å²) < 4.78 is 5.78. The summed E-state index contributed by atoms with van der Waals surface area (Å²) >= 11 is 0. The summed E-state index contributed by atoms with van der Waals surface area (Å²) in [6, 6.07) is 12.5. The smallest absolute Gasteiger partial charge is 0.248 e. The van der Waals surface area contributed by atoms with Crippen LogP contribution >= 0.6 is 0 Å². The first-order valence-corrected chi connectivity index (χ1v) is 8.47. The van der Waals surface area contributed by atoms with Gasteiger partial charge >= 0.3 is 0 Å². The highest BCUT2D eigenvalue weighted by Crippen LogP contribution is 2.27. The highest BCUT2D eigenvalue weighted by molar-refractivity contribution is 6.00. The van der Waals surface area contributed by atoms with Gasteiger partial charge in [-0.2, -0.15) is 0 Å². The van der Waals surface area contributed by atoms with E-state index in [9.17, 15) is 9.59 Å². The van der Waals surface area contributed by atoms with Crippen molar-refractivity contribution in [1.29, 1.82) is 0 Å². The van der Waals surface area contributed by atoms with Crippen molar-refractivity contribution in [3.05, 3.63) is 66.8 Å². The van der Waals surface area contributed by atoms with Crippen LogP contribution in [0.25, 0.3) is 22.6 Å². The molecule has 0 atom stereocenters. The summed E-state index contributed by atoms with van der Waals surface area (Å²) in [5, 5.41) is 5.53. The topological polar surface area (TPSA) is 84.2 Å². The van der Waals surface area contributed by atoms with E-state index in [1.54, 1.807) is 56.3 Å². The number of allylic oxidation sites excluding steroid dienone is 2. The van der Waals surface area contributed by atoms with Gasteiger partial charge < -0.3 is 15.1 Å². The van der Waals surface area contributed by atoms with Gasteiger partial charge in [-0.25, -0.2) is 4.98 Å².